The lowest BCUT2D eigenvalue weighted by molar-refractivity contribution is -0.137. The fourth-order valence-electron chi connectivity index (χ4n) is 3.55. The van der Waals surface area contributed by atoms with Gasteiger partial charge >= 0.3 is 0 Å². The van der Waals surface area contributed by atoms with Gasteiger partial charge in [0.2, 0.25) is 5.91 Å². The summed E-state index contributed by atoms with van der Waals surface area (Å²) in [5.74, 6) is 0.0654. The van der Waals surface area contributed by atoms with Crippen LogP contribution in [-0.4, -0.2) is 72.9 Å². The molecule has 2 aromatic rings. The van der Waals surface area contributed by atoms with Crippen molar-refractivity contribution in [1.82, 2.24) is 14.9 Å². The van der Waals surface area contributed by atoms with Gasteiger partial charge in [-0.3, -0.25) is 4.79 Å². The Morgan fingerprint density at radius 1 is 1.32 bits per heavy atom. The maximum Gasteiger partial charge on any atom is 0.248 e. The minimum Gasteiger partial charge on any atom is -0.376 e. The number of piperazine rings is 1. The molecule has 1 N–H and O–H groups in total. The summed E-state index contributed by atoms with van der Waals surface area (Å²) in [6.07, 6.45) is 4.01. The molecule has 0 saturated carbocycles. The number of carbonyl (C=O) groups excluding carboxylic acids is 1. The molecule has 1 atom stereocenters. The molecule has 1 unspecified atom stereocenters. The van der Waals surface area contributed by atoms with Crippen molar-refractivity contribution in [3.8, 4) is 0 Å². The standard InChI is InChI=1S/C18H24N4O3/c23-17(12-24-11-14-3-2-10-25-14)22-8-6-21(7-9-22)16-5-1-4-15-18(16)20-13-19-15/h1,4-5,13-14H,2-3,6-12H2,(H,19,20). The lowest BCUT2D eigenvalue weighted by atomic mass is 10.2. The highest BCUT2D eigenvalue weighted by Crippen LogP contribution is 2.25. The first-order valence-electron chi connectivity index (χ1n) is 8.95. The molecule has 25 heavy (non-hydrogen) atoms. The second-order valence-electron chi connectivity index (χ2n) is 6.59. The van der Waals surface area contributed by atoms with Crippen molar-refractivity contribution in [2.75, 3.05) is 50.9 Å². The third kappa shape index (κ3) is 3.62. The highest BCUT2D eigenvalue weighted by atomic mass is 16.5. The molecule has 134 valence electrons. The Morgan fingerprint density at radius 2 is 2.20 bits per heavy atom. The van der Waals surface area contributed by atoms with E-state index in [-0.39, 0.29) is 18.6 Å². The molecule has 0 spiro atoms. The van der Waals surface area contributed by atoms with Crippen molar-refractivity contribution in [2.24, 2.45) is 0 Å². The van der Waals surface area contributed by atoms with Crippen molar-refractivity contribution in [3.63, 3.8) is 0 Å². The quantitative estimate of drug-likeness (QED) is 0.888. The number of nitrogens with one attached hydrogen (secondary N) is 1. The molecule has 0 bridgehead atoms. The summed E-state index contributed by atoms with van der Waals surface area (Å²) in [7, 11) is 0. The van der Waals surface area contributed by atoms with E-state index in [1.165, 1.54) is 0 Å². The number of fused-ring (bicyclic) bond motifs is 1. The van der Waals surface area contributed by atoms with Crippen LogP contribution in [0.15, 0.2) is 24.5 Å². The van der Waals surface area contributed by atoms with Crippen LogP contribution < -0.4 is 4.90 Å². The molecule has 7 nitrogen and oxygen atoms in total. The Bertz CT molecular complexity index is 718. The van der Waals surface area contributed by atoms with E-state index in [4.69, 9.17) is 9.47 Å². The summed E-state index contributed by atoms with van der Waals surface area (Å²) in [6, 6.07) is 6.15. The van der Waals surface area contributed by atoms with Gasteiger partial charge < -0.3 is 24.3 Å². The number of carbonyl (C=O) groups is 1. The van der Waals surface area contributed by atoms with Crippen LogP contribution in [-0.2, 0) is 14.3 Å². The van der Waals surface area contributed by atoms with Crippen molar-refractivity contribution < 1.29 is 14.3 Å². The van der Waals surface area contributed by atoms with Crippen LogP contribution in [0.25, 0.3) is 11.0 Å². The van der Waals surface area contributed by atoms with Crippen molar-refractivity contribution in [1.29, 1.82) is 0 Å². The smallest absolute Gasteiger partial charge is 0.248 e. The molecular weight excluding hydrogens is 320 g/mol. The number of hydrogen-bond donors (Lipinski definition) is 1. The second-order valence-corrected chi connectivity index (χ2v) is 6.59. The minimum absolute atomic E-state index is 0.0654. The summed E-state index contributed by atoms with van der Waals surface area (Å²) in [5.41, 5.74) is 3.15. The molecular formula is C18H24N4O3. The van der Waals surface area contributed by atoms with Gasteiger partial charge in [0.25, 0.3) is 0 Å². The summed E-state index contributed by atoms with van der Waals surface area (Å²) in [5, 5.41) is 0. The molecule has 3 heterocycles. The van der Waals surface area contributed by atoms with Gasteiger partial charge in [0.15, 0.2) is 0 Å². The highest BCUT2D eigenvalue weighted by Gasteiger charge is 2.23. The topological polar surface area (TPSA) is 70.7 Å². The number of hydrogen-bond acceptors (Lipinski definition) is 5. The van der Waals surface area contributed by atoms with E-state index in [1.54, 1.807) is 6.33 Å². The van der Waals surface area contributed by atoms with Crippen LogP contribution >= 0.6 is 0 Å². The predicted octanol–water partition coefficient (Wildman–Crippen LogP) is 1.41. The SMILES string of the molecule is O=C(COCC1CCCO1)N1CCN(c2cccc3[nH]cnc23)CC1. The van der Waals surface area contributed by atoms with E-state index < -0.39 is 0 Å². The predicted molar refractivity (Wildman–Crippen MR) is 94.7 cm³/mol. The average Bonchev–Trinajstić information content (AvgIpc) is 3.33. The molecule has 2 aliphatic rings. The number of ether oxygens (including phenoxy) is 2. The third-order valence-electron chi connectivity index (χ3n) is 4.95. The number of rotatable bonds is 5. The molecule has 2 fully saturated rings. The molecule has 2 aliphatic heterocycles. The number of imidazole rings is 1. The zero-order valence-electron chi connectivity index (χ0n) is 14.3. The number of H-pyrrole nitrogens is 1. The Balaban J connectivity index is 1.27. The number of anilines is 1. The molecule has 7 heteroatoms. The Morgan fingerprint density at radius 3 is 3.00 bits per heavy atom. The van der Waals surface area contributed by atoms with Gasteiger partial charge in [-0.15, -0.1) is 0 Å². The van der Waals surface area contributed by atoms with Crippen LogP contribution in [0.3, 0.4) is 0 Å². The largest absolute Gasteiger partial charge is 0.376 e. The lowest BCUT2D eigenvalue weighted by Gasteiger charge is -2.36. The molecule has 4 rings (SSSR count). The van der Waals surface area contributed by atoms with Crippen LogP contribution in [0.1, 0.15) is 12.8 Å². The van der Waals surface area contributed by atoms with Gasteiger partial charge in [-0.1, -0.05) is 6.07 Å². The first-order valence-corrected chi connectivity index (χ1v) is 8.95. The fourth-order valence-corrected chi connectivity index (χ4v) is 3.55. The van der Waals surface area contributed by atoms with Crippen LogP contribution in [0.4, 0.5) is 5.69 Å². The maximum atomic E-state index is 12.3. The minimum atomic E-state index is 0.0654. The Hall–Kier alpha value is -2.12. The first kappa shape index (κ1) is 16.4. The molecule has 0 aliphatic carbocycles. The van der Waals surface area contributed by atoms with E-state index in [0.29, 0.717) is 19.7 Å². The molecule has 1 aromatic heterocycles. The van der Waals surface area contributed by atoms with E-state index in [2.05, 4.69) is 20.9 Å². The van der Waals surface area contributed by atoms with Gasteiger partial charge in [-0.2, -0.15) is 0 Å². The summed E-state index contributed by atoms with van der Waals surface area (Å²) < 4.78 is 11.1. The average molecular weight is 344 g/mol. The van der Waals surface area contributed by atoms with Crippen LogP contribution in [0.5, 0.6) is 0 Å². The van der Waals surface area contributed by atoms with E-state index in [9.17, 15) is 4.79 Å². The van der Waals surface area contributed by atoms with E-state index in [0.717, 1.165) is 49.3 Å². The fraction of sp³-hybridized carbons (Fsp3) is 0.556. The lowest BCUT2D eigenvalue weighted by Crippen LogP contribution is -2.50. The number of aromatic amines is 1. The summed E-state index contributed by atoms with van der Waals surface area (Å²) in [6.45, 7) is 4.52. The number of nitrogens with zero attached hydrogens (tertiary/aromatic N) is 3. The maximum absolute atomic E-state index is 12.3. The molecule has 2 saturated heterocycles. The second kappa shape index (κ2) is 7.41. The molecule has 1 aromatic carbocycles. The monoisotopic (exact) mass is 344 g/mol. The zero-order chi connectivity index (χ0) is 17.1. The normalized spacial score (nSPS) is 21.2. The van der Waals surface area contributed by atoms with Crippen molar-refractivity contribution >= 4 is 22.6 Å². The van der Waals surface area contributed by atoms with Gasteiger partial charge in [-0.25, -0.2) is 4.98 Å². The van der Waals surface area contributed by atoms with Gasteiger partial charge in [-0.05, 0) is 25.0 Å². The Labute approximate surface area is 146 Å². The Kier molecular flexibility index (Phi) is 4.85. The van der Waals surface area contributed by atoms with Crippen LogP contribution in [0, 0.1) is 0 Å². The third-order valence-corrected chi connectivity index (χ3v) is 4.95. The van der Waals surface area contributed by atoms with Crippen LogP contribution in [0.2, 0.25) is 0 Å². The highest BCUT2D eigenvalue weighted by molar-refractivity contribution is 5.88. The van der Waals surface area contributed by atoms with E-state index in [1.807, 2.05) is 17.0 Å². The van der Waals surface area contributed by atoms with E-state index >= 15 is 0 Å². The molecule has 0 radical (unpaired) electrons. The van der Waals surface area contributed by atoms with Crippen molar-refractivity contribution in [2.45, 2.75) is 18.9 Å². The van der Waals surface area contributed by atoms with Crippen molar-refractivity contribution in [3.05, 3.63) is 24.5 Å². The summed E-state index contributed by atoms with van der Waals surface area (Å²) >= 11 is 0. The number of aromatic nitrogens is 2. The number of amides is 1. The zero-order valence-corrected chi connectivity index (χ0v) is 14.3. The van der Waals surface area contributed by atoms with Gasteiger partial charge in [0, 0.05) is 32.8 Å². The molecule has 1 amide bonds. The number of benzene rings is 1. The summed E-state index contributed by atoms with van der Waals surface area (Å²) in [4.78, 5) is 24.0. The van der Waals surface area contributed by atoms with Gasteiger partial charge in [0.05, 0.1) is 30.2 Å². The number of para-hydroxylation sites is 1. The van der Waals surface area contributed by atoms with Gasteiger partial charge in [0.1, 0.15) is 12.1 Å². The first-order chi connectivity index (χ1) is 12.3.